The SMILES string of the molecule is COc1ccc(-c2noc(C(C)C)n2)cc1Br. The summed E-state index contributed by atoms with van der Waals surface area (Å²) >= 11 is 3.43. The monoisotopic (exact) mass is 296 g/mol. The summed E-state index contributed by atoms with van der Waals surface area (Å²) in [6.45, 7) is 4.03. The minimum atomic E-state index is 0.234. The minimum absolute atomic E-state index is 0.234. The van der Waals surface area contributed by atoms with Crippen LogP contribution < -0.4 is 4.74 Å². The molecule has 0 aliphatic rings. The van der Waals surface area contributed by atoms with Crippen LogP contribution >= 0.6 is 15.9 Å². The molecule has 0 radical (unpaired) electrons. The summed E-state index contributed by atoms with van der Waals surface area (Å²) in [5, 5.41) is 3.96. The number of rotatable bonds is 3. The maximum absolute atomic E-state index is 5.17. The van der Waals surface area contributed by atoms with E-state index in [4.69, 9.17) is 9.26 Å². The van der Waals surface area contributed by atoms with E-state index < -0.39 is 0 Å². The number of methoxy groups -OCH3 is 1. The minimum Gasteiger partial charge on any atom is -0.496 e. The van der Waals surface area contributed by atoms with Gasteiger partial charge in [-0.15, -0.1) is 0 Å². The standard InChI is InChI=1S/C12H13BrN2O2/c1-7(2)12-14-11(15-17-12)8-4-5-10(16-3)9(13)6-8/h4-7H,1-3H3. The maximum Gasteiger partial charge on any atom is 0.229 e. The van der Waals surface area contributed by atoms with Crippen LogP contribution in [-0.4, -0.2) is 17.3 Å². The molecule has 0 aliphatic heterocycles. The average Bonchev–Trinajstić information content (AvgIpc) is 2.78. The molecule has 4 nitrogen and oxygen atoms in total. The number of halogens is 1. The van der Waals surface area contributed by atoms with Gasteiger partial charge in [0.05, 0.1) is 11.6 Å². The molecular weight excluding hydrogens is 284 g/mol. The third-order valence-corrected chi connectivity index (χ3v) is 2.97. The fraction of sp³-hybridized carbons (Fsp3) is 0.333. The molecule has 0 N–H and O–H groups in total. The van der Waals surface area contributed by atoms with Gasteiger partial charge in [-0.1, -0.05) is 19.0 Å². The molecule has 5 heteroatoms. The Morgan fingerprint density at radius 2 is 2.12 bits per heavy atom. The van der Waals surface area contributed by atoms with Gasteiger partial charge in [-0.05, 0) is 34.1 Å². The molecule has 0 spiro atoms. The van der Waals surface area contributed by atoms with Gasteiger partial charge in [-0.3, -0.25) is 0 Å². The largest absolute Gasteiger partial charge is 0.496 e. The summed E-state index contributed by atoms with van der Waals surface area (Å²) < 4.78 is 11.2. The first-order valence-electron chi connectivity index (χ1n) is 5.29. The molecule has 0 fully saturated rings. The van der Waals surface area contributed by atoms with Crippen molar-refractivity contribution in [3.8, 4) is 17.1 Å². The summed E-state index contributed by atoms with van der Waals surface area (Å²) in [5.74, 6) is 2.25. The highest BCUT2D eigenvalue weighted by atomic mass is 79.9. The lowest BCUT2D eigenvalue weighted by molar-refractivity contribution is 0.365. The molecule has 0 aliphatic carbocycles. The molecule has 0 atom stereocenters. The molecule has 0 unspecified atom stereocenters. The van der Waals surface area contributed by atoms with E-state index in [1.54, 1.807) is 7.11 Å². The maximum atomic E-state index is 5.17. The van der Waals surface area contributed by atoms with Gasteiger partial charge in [0.1, 0.15) is 5.75 Å². The van der Waals surface area contributed by atoms with E-state index in [1.165, 1.54) is 0 Å². The first kappa shape index (κ1) is 12.1. The molecule has 1 aromatic carbocycles. The smallest absolute Gasteiger partial charge is 0.229 e. The van der Waals surface area contributed by atoms with E-state index in [0.717, 1.165) is 15.8 Å². The highest BCUT2D eigenvalue weighted by Gasteiger charge is 2.12. The van der Waals surface area contributed by atoms with Gasteiger partial charge >= 0.3 is 0 Å². The van der Waals surface area contributed by atoms with Crippen molar-refractivity contribution >= 4 is 15.9 Å². The molecule has 1 heterocycles. The second-order valence-electron chi connectivity index (χ2n) is 3.96. The third-order valence-electron chi connectivity index (χ3n) is 2.35. The topological polar surface area (TPSA) is 48.2 Å². The number of benzene rings is 1. The third kappa shape index (κ3) is 2.49. The van der Waals surface area contributed by atoms with E-state index in [0.29, 0.717) is 11.7 Å². The van der Waals surface area contributed by atoms with Gasteiger partial charge in [0.2, 0.25) is 11.7 Å². The zero-order valence-corrected chi connectivity index (χ0v) is 11.5. The van der Waals surface area contributed by atoms with Crippen molar-refractivity contribution in [2.45, 2.75) is 19.8 Å². The van der Waals surface area contributed by atoms with Crippen molar-refractivity contribution in [3.63, 3.8) is 0 Å². The molecule has 17 heavy (non-hydrogen) atoms. The fourth-order valence-electron chi connectivity index (χ4n) is 1.39. The highest BCUT2D eigenvalue weighted by Crippen LogP contribution is 2.29. The Morgan fingerprint density at radius 1 is 1.35 bits per heavy atom. The zero-order valence-electron chi connectivity index (χ0n) is 9.90. The predicted molar refractivity (Wildman–Crippen MR) is 68.1 cm³/mol. The zero-order chi connectivity index (χ0) is 12.4. The molecule has 0 saturated heterocycles. The Labute approximate surface area is 108 Å². The van der Waals surface area contributed by atoms with Crippen molar-refractivity contribution < 1.29 is 9.26 Å². The number of nitrogens with zero attached hydrogens (tertiary/aromatic N) is 2. The Kier molecular flexibility index (Phi) is 3.47. The number of hydrogen-bond acceptors (Lipinski definition) is 4. The molecule has 0 bridgehead atoms. The Balaban J connectivity index is 2.36. The summed E-state index contributed by atoms with van der Waals surface area (Å²) in [5.41, 5.74) is 0.897. The Hall–Kier alpha value is -1.36. The first-order chi connectivity index (χ1) is 8.11. The molecular formula is C12H13BrN2O2. The van der Waals surface area contributed by atoms with Crippen molar-refractivity contribution in [1.82, 2.24) is 10.1 Å². The van der Waals surface area contributed by atoms with Crippen molar-refractivity contribution in [2.75, 3.05) is 7.11 Å². The van der Waals surface area contributed by atoms with Gasteiger partial charge in [0.25, 0.3) is 0 Å². The predicted octanol–water partition coefficient (Wildman–Crippen LogP) is 3.63. The first-order valence-corrected chi connectivity index (χ1v) is 6.08. The van der Waals surface area contributed by atoms with Crippen LogP contribution in [0, 0.1) is 0 Å². The highest BCUT2D eigenvalue weighted by molar-refractivity contribution is 9.10. The lowest BCUT2D eigenvalue weighted by Gasteiger charge is -2.03. The number of aromatic nitrogens is 2. The quantitative estimate of drug-likeness (QED) is 0.868. The van der Waals surface area contributed by atoms with Crippen LogP contribution in [0.1, 0.15) is 25.7 Å². The van der Waals surface area contributed by atoms with Crippen LogP contribution in [0.4, 0.5) is 0 Å². The molecule has 0 amide bonds. The molecule has 2 aromatic rings. The normalized spacial score (nSPS) is 10.9. The van der Waals surface area contributed by atoms with Crippen LogP contribution in [-0.2, 0) is 0 Å². The van der Waals surface area contributed by atoms with Crippen molar-refractivity contribution in [3.05, 3.63) is 28.6 Å². The molecule has 1 aromatic heterocycles. The van der Waals surface area contributed by atoms with Crippen molar-refractivity contribution in [1.29, 1.82) is 0 Å². The van der Waals surface area contributed by atoms with E-state index >= 15 is 0 Å². The van der Waals surface area contributed by atoms with Gasteiger partial charge in [-0.25, -0.2) is 0 Å². The van der Waals surface area contributed by atoms with E-state index in [1.807, 2.05) is 32.0 Å². The number of ether oxygens (including phenoxy) is 1. The fourth-order valence-corrected chi connectivity index (χ4v) is 1.93. The van der Waals surface area contributed by atoms with E-state index in [9.17, 15) is 0 Å². The summed E-state index contributed by atoms with van der Waals surface area (Å²) in [6, 6.07) is 5.68. The molecule has 0 saturated carbocycles. The van der Waals surface area contributed by atoms with E-state index in [2.05, 4.69) is 26.1 Å². The second-order valence-corrected chi connectivity index (χ2v) is 4.81. The van der Waals surface area contributed by atoms with Crippen LogP contribution in [0.3, 0.4) is 0 Å². The summed E-state index contributed by atoms with van der Waals surface area (Å²) in [7, 11) is 1.63. The Morgan fingerprint density at radius 3 is 2.65 bits per heavy atom. The Bertz CT molecular complexity index is 523. The van der Waals surface area contributed by atoms with Crippen LogP contribution in [0.15, 0.2) is 27.2 Å². The molecule has 90 valence electrons. The van der Waals surface area contributed by atoms with E-state index in [-0.39, 0.29) is 5.92 Å². The van der Waals surface area contributed by atoms with Gasteiger partial charge in [0.15, 0.2) is 0 Å². The summed E-state index contributed by atoms with van der Waals surface area (Å²) in [4.78, 5) is 4.34. The van der Waals surface area contributed by atoms with Gasteiger partial charge in [0, 0.05) is 11.5 Å². The van der Waals surface area contributed by atoms with Crippen LogP contribution in [0.2, 0.25) is 0 Å². The average molecular weight is 297 g/mol. The van der Waals surface area contributed by atoms with Gasteiger partial charge < -0.3 is 9.26 Å². The van der Waals surface area contributed by atoms with Crippen LogP contribution in [0.25, 0.3) is 11.4 Å². The van der Waals surface area contributed by atoms with Crippen LogP contribution in [0.5, 0.6) is 5.75 Å². The second kappa shape index (κ2) is 4.87. The summed E-state index contributed by atoms with van der Waals surface area (Å²) in [6.07, 6.45) is 0. The van der Waals surface area contributed by atoms with Crippen molar-refractivity contribution in [2.24, 2.45) is 0 Å². The number of hydrogen-bond donors (Lipinski definition) is 0. The molecule has 2 rings (SSSR count). The lowest BCUT2D eigenvalue weighted by atomic mass is 10.2. The lowest BCUT2D eigenvalue weighted by Crippen LogP contribution is -1.88. The van der Waals surface area contributed by atoms with Gasteiger partial charge in [-0.2, -0.15) is 4.98 Å².